The number of hydrogen-bond acceptors (Lipinski definition) is 5. The molecule has 1 atom stereocenters. The van der Waals surface area contributed by atoms with E-state index in [1.54, 1.807) is 25.2 Å². The van der Waals surface area contributed by atoms with Gasteiger partial charge in [0.1, 0.15) is 0 Å². The molecule has 0 radical (unpaired) electrons. The molecule has 0 unspecified atom stereocenters. The molecule has 0 aliphatic carbocycles. The minimum atomic E-state index is -0.233. The van der Waals surface area contributed by atoms with Crippen LogP contribution in [-0.4, -0.2) is 63.7 Å². The van der Waals surface area contributed by atoms with Gasteiger partial charge in [0.2, 0.25) is 0 Å². The Morgan fingerprint density at radius 3 is 2.75 bits per heavy atom. The van der Waals surface area contributed by atoms with Gasteiger partial charge in [-0.05, 0) is 38.1 Å². The summed E-state index contributed by atoms with van der Waals surface area (Å²) in [4.78, 5) is 25.8. The summed E-state index contributed by atoms with van der Waals surface area (Å²) in [7, 11) is 4.97. The van der Waals surface area contributed by atoms with Crippen LogP contribution in [-0.2, 0) is 4.79 Å². The van der Waals surface area contributed by atoms with Gasteiger partial charge in [-0.15, -0.1) is 0 Å². The maximum absolute atomic E-state index is 12.7. The first-order valence-corrected chi connectivity index (χ1v) is 8.07. The van der Waals surface area contributed by atoms with Crippen LogP contribution < -0.4 is 20.1 Å². The number of benzene rings is 1. The summed E-state index contributed by atoms with van der Waals surface area (Å²) in [6, 6.07) is 5.35. The Kier molecular flexibility index (Phi) is 6.43. The van der Waals surface area contributed by atoms with Crippen molar-refractivity contribution >= 4 is 11.8 Å². The van der Waals surface area contributed by atoms with Crippen LogP contribution in [0.25, 0.3) is 0 Å². The summed E-state index contributed by atoms with van der Waals surface area (Å²) >= 11 is 0. The molecule has 1 aliphatic rings. The quantitative estimate of drug-likeness (QED) is 0.798. The van der Waals surface area contributed by atoms with Crippen LogP contribution in [0.5, 0.6) is 11.5 Å². The highest BCUT2D eigenvalue weighted by atomic mass is 16.5. The fraction of sp³-hybridized carbons (Fsp3) is 0.529. The largest absolute Gasteiger partial charge is 0.493 e. The zero-order chi connectivity index (χ0) is 17.5. The highest BCUT2D eigenvalue weighted by Crippen LogP contribution is 2.29. The van der Waals surface area contributed by atoms with E-state index < -0.39 is 0 Å². The Hall–Kier alpha value is -2.28. The second-order valence-corrected chi connectivity index (χ2v) is 5.71. The Labute approximate surface area is 142 Å². The lowest BCUT2D eigenvalue weighted by Crippen LogP contribution is -2.46. The van der Waals surface area contributed by atoms with Gasteiger partial charge >= 0.3 is 0 Å². The molecule has 7 heteroatoms. The molecular weight excluding hydrogens is 310 g/mol. The molecule has 1 fully saturated rings. The van der Waals surface area contributed by atoms with Crippen LogP contribution in [0.1, 0.15) is 23.2 Å². The van der Waals surface area contributed by atoms with Crippen molar-refractivity contribution < 1.29 is 19.1 Å². The Morgan fingerprint density at radius 2 is 2.08 bits per heavy atom. The normalized spacial score (nSPS) is 17.3. The number of rotatable bonds is 6. The standard InChI is InChI=1S/C17H25N3O4/c1-18-13-5-4-8-20(10-13)17(22)12-6-7-14(15(9-12)23-3)24-11-16(21)19-2/h6-7,9,13,18H,4-5,8,10-11H2,1-3H3,(H,19,21)/t13-/m1/s1. The summed E-state index contributed by atoms with van der Waals surface area (Å²) in [5.74, 6) is 0.617. The molecule has 0 saturated carbocycles. The predicted octanol–water partition coefficient (Wildman–Crippen LogP) is 0.644. The maximum Gasteiger partial charge on any atom is 0.257 e. The van der Waals surface area contributed by atoms with E-state index in [1.165, 1.54) is 7.11 Å². The molecule has 1 aromatic rings. The minimum absolute atomic E-state index is 0.0221. The molecular formula is C17H25N3O4. The number of carbonyl (C=O) groups excluding carboxylic acids is 2. The number of methoxy groups -OCH3 is 1. The van der Waals surface area contributed by atoms with Gasteiger partial charge in [-0.25, -0.2) is 0 Å². The third-order valence-corrected chi connectivity index (χ3v) is 4.17. The van der Waals surface area contributed by atoms with Gasteiger partial charge < -0.3 is 25.0 Å². The van der Waals surface area contributed by atoms with E-state index >= 15 is 0 Å². The van der Waals surface area contributed by atoms with Gasteiger partial charge in [-0.1, -0.05) is 0 Å². The van der Waals surface area contributed by atoms with E-state index in [-0.39, 0.29) is 18.4 Å². The van der Waals surface area contributed by atoms with Crippen molar-refractivity contribution in [2.24, 2.45) is 0 Å². The zero-order valence-corrected chi connectivity index (χ0v) is 14.4. The van der Waals surface area contributed by atoms with Gasteiger partial charge in [-0.2, -0.15) is 0 Å². The predicted molar refractivity (Wildman–Crippen MR) is 90.5 cm³/mol. The number of likely N-dealkylation sites (N-methyl/N-ethyl adjacent to an activating group) is 2. The second-order valence-electron chi connectivity index (χ2n) is 5.71. The van der Waals surface area contributed by atoms with Crippen molar-refractivity contribution in [1.82, 2.24) is 15.5 Å². The number of likely N-dealkylation sites (tertiary alicyclic amines) is 1. The molecule has 0 aromatic heterocycles. The first-order chi connectivity index (χ1) is 11.6. The number of carbonyl (C=O) groups is 2. The first kappa shape index (κ1) is 18.1. The molecule has 24 heavy (non-hydrogen) atoms. The lowest BCUT2D eigenvalue weighted by Gasteiger charge is -2.32. The zero-order valence-electron chi connectivity index (χ0n) is 14.4. The van der Waals surface area contributed by atoms with Crippen LogP contribution in [0.2, 0.25) is 0 Å². The van der Waals surface area contributed by atoms with Gasteiger partial charge in [0, 0.05) is 31.7 Å². The lowest BCUT2D eigenvalue weighted by molar-refractivity contribution is -0.122. The maximum atomic E-state index is 12.7. The Bertz CT molecular complexity index is 591. The average Bonchev–Trinajstić information content (AvgIpc) is 2.65. The molecule has 2 amide bonds. The SMILES string of the molecule is CNC(=O)COc1ccc(C(=O)N2CCC[C@@H](NC)C2)cc1OC. The van der Waals surface area contributed by atoms with Gasteiger partial charge in [0.15, 0.2) is 18.1 Å². The summed E-state index contributed by atoms with van der Waals surface area (Å²) < 4.78 is 10.7. The molecule has 2 N–H and O–H groups in total. The van der Waals surface area contributed by atoms with Crippen LogP contribution >= 0.6 is 0 Å². The summed E-state index contributed by atoms with van der Waals surface area (Å²) in [5.41, 5.74) is 0.552. The Balaban J connectivity index is 2.10. The van der Waals surface area contributed by atoms with E-state index in [1.807, 2.05) is 11.9 Å². The minimum Gasteiger partial charge on any atom is -0.493 e. The van der Waals surface area contributed by atoms with Crippen LogP contribution in [0.15, 0.2) is 18.2 Å². The monoisotopic (exact) mass is 335 g/mol. The van der Waals surface area contributed by atoms with Gasteiger partial charge in [0.25, 0.3) is 11.8 Å². The molecule has 2 rings (SSSR count). The highest BCUT2D eigenvalue weighted by Gasteiger charge is 2.24. The van der Waals surface area contributed by atoms with Crippen molar-refractivity contribution in [3.8, 4) is 11.5 Å². The highest BCUT2D eigenvalue weighted by molar-refractivity contribution is 5.95. The number of nitrogens with zero attached hydrogens (tertiary/aromatic N) is 1. The fourth-order valence-corrected chi connectivity index (χ4v) is 2.72. The second kappa shape index (κ2) is 8.54. The van der Waals surface area contributed by atoms with Gasteiger partial charge in [-0.3, -0.25) is 9.59 Å². The summed E-state index contributed by atoms with van der Waals surface area (Å²) in [6.07, 6.45) is 2.07. The number of piperidine rings is 1. The Morgan fingerprint density at radius 1 is 1.29 bits per heavy atom. The number of amides is 2. The summed E-state index contributed by atoms with van der Waals surface area (Å²) in [5, 5.41) is 5.71. The van der Waals surface area contributed by atoms with E-state index in [2.05, 4.69) is 10.6 Å². The number of nitrogens with one attached hydrogen (secondary N) is 2. The van der Waals surface area contributed by atoms with Crippen LogP contribution in [0.3, 0.4) is 0 Å². The lowest BCUT2D eigenvalue weighted by atomic mass is 10.0. The van der Waals surface area contributed by atoms with E-state index in [4.69, 9.17) is 9.47 Å². The molecule has 1 aliphatic heterocycles. The molecule has 1 aromatic carbocycles. The number of hydrogen-bond donors (Lipinski definition) is 2. The molecule has 0 spiro atoms. The third kappa shape index (κ3) is 4.38. The molecule has 0 bridgehead atoms. The molecule has 1 heterocycles. The molecule has 132 valence electrons. The van der Waals surface area contributed by atoms with E-state index in [9.17, 15) is 9.59 Å². The van der Waals surface area contributed by atoms with Crippen molar-refractivity contribution in [1.29, 1.82) is 0 Å². The summed E-state index contributed by atoms with van der Waals surface area (Å²) in [6.45, 7) is 1.36. The smallest absolute Gasteiger partial charge is 0.257 e. The van der Waals surface area contributed by atoms with Gasteiger partial charge in [0.05, 0.1) is 7.11 Å². The van der Waals surface area contributed by atoms with Crippen LogP contribution in [0, 0.1) is 0 Å². The molecule has 1 saturated heterocycles. The van der Waals surface area contributed by atoms with Crippen LogP contribution in [0.4, 0.5) is 0 Å². The molecule has 7 nitrogen and oxygen atoms in total. The van der Waals surface area contributed by atoms with Crippen molar-refractivity contribution in [2.45, 2.75) is 18.9 Å². The first-order valence-electron chi connectivity index (χ1n) is 8.07. The van der Waals surface area contributed by atoms with E-state index in [0.29, 0.717) is 29.6 Å². The average molecular weight is 335 g/mol. The van der Waals surface area contributed by atoms with Crippen molar-refractivity contribution in [3.05, 3.63) is 23.8 Å². The topological polar surface area (TPSA) is 79.9 Å². The van der Waals surface area contributed by atoms with Crippen molar-refractivity contribution in [3.63, 3.8) is 0 Å². The third-order valence-electron chi connectivity index (χ3n) is 4.17. The van der Waals surface area contributed by atoms with E-state index in [0.717, 1.165) is 19.4 Å². The van der Waals surface area contributed by atoms with Crippen molar-refractivity contribution in [2.75, 3.05) is 40.9 Å². The fourth-order valence-electron chi connectivity index (χ4n) is 2.72. The number of ether oxygens (including phenoxy) is 2.